The third kappa shape index (κ3) is 51.9. The van der Waals surface area contributed by atoms with Crippen molar-refractivity contribution < 1.29 is 19.8 Å². The van der Waals surface area contributed by atoms with Crippen LogP contribution in [-0.4, -0.2) is 27.1 Å². The van der Waals surface area contributed by atoms with Crippen LogP contribution in [0.5, 0.6) is 0 Å². The molecule has 0 spiro atoms. The zero-order valence-corrected chi connectivity index (χ0v) is 30.4. The van der Waals surface area contributed by atoms with Gasteiger partial charge in [-0.2, -0.15) is 0 Å². The molecule has 0 aliphatic carbocycles. The summed E-state index contributed by atoms with van der Waals surface area (Å²) in [5.74, 6) is -1.33. The molecule has 0 aliphatic rings. The zero-order valence-electron chi connectivity index (χ0n) is 28.2. The van der Waals surface area contributed by atoms with Gasteiger partial charge in [0.2, 0.25) is 0 Å². The van der Waals surface area contributed by atoms with E-state index in [0.29, 0.717) is 12.8 Å². The van der Waals surface area contributed by atoms with Crippen molar-refractivity contribution in [2.24, 2.45) is 0 Å². The summed E-state index contributed by atoms with van der Waals surface area (Å²) in [6.45, 7) is 4.52. The molecule has 0 aromatic carbocycles. The Balaban J connectivity index is -0.000000683. The number of allylic oxidation sites excluding steroid dienone is 4. The third-order valence-electron chi connectivity index (χ3n) is 7.30. The molecule has 0 aliphatic heterocycles. The predicted molar refractivity (Wildman–Crippen MR) is 194 cm³/mol. The van der Waals surface area contributed by atoms with Crippen molar-refractivity contribution >= 4 is 34.5 Å². The molecule has 0 atom stereocenters. The van der Waals surface area contributed by atoms with Crippen molar-refractivity contribution in [2.75, 3.05) is 4.93 Å². The number of aliphatic carboxylic acids is 2. The van der Waals surface area contributed by atoms with Crippen molar-refractivity contribution in [3.63, 3.8) is 0 Å². The van der Waals surface area contributed by atoms with Crippen LogP contribution in [0.2, 0.25) is 0 Å². The lowest BCUT2D eigenvalue weighted by molar-refractivity contribution is -0.138. The lowest BCUT2D eigenvalue weighted by Crippen LogP contribution is -1.93. The summed E-state index contributed by atoms with van der Waals surface area (Å²) in [7, 11) is 0. The van der Waals surface area contributed by atoms with Gasteiger partial charge in [-0.05, 0) is 69.1 Å². The van der Waals surface area contributed by atoms with E-state index in [2.05, 4.69) is 60.7 Å². The molecule has 4 nitrogen and oxygen atoms in total. The second-order valence-corrected chi connectivity index (χ2v) is 11.5. The molecule has 2 N–H and O–H groups in total. The van der Waals surface area contributed by atoms with Crippen molar-refractivity contribution in [1.82, 2.24) is 0 Å². The average Bonchev–Trinajstić information content (AvgIpc) is 2.98. The maximum Gasteiger partial charge on any atom is 0.303 e. The molecular weight excluding hydrogens is 635 g/mol. The fraction of sp³-hybridized carbons (Fsp3) is 0.838. The summed E-state index contributed by atoms with van der Waals surface area (Å²) in [6, 6.07) is 0. The summed E-state index contributed by atoms with van der Waals surface area (Å²) in [4.78, 5) is 22.6. The lowest BCUT2D eigenvalue weighted by Gasteiger charge is -1.99. The highest BCUT2D eigenvalue weighted by atomic mass is 127. The standard InChI is InChI=1S/2C18H34O2.CH3I/c2*1-2-3-4-5-6-7-8-9-10-11-12-13-14-15-16-17-18(19)20;1-2/h2*9-10H,2-8,11-17H2,1H3,(H,19,20);1H3/b2*10-9-;. The Morgan fingerprint density at radius 1 is 0.405 bits per heavy atom. The molecule has 5 heteroatoms. The first-order valence-corrected chi connectivity index (χ1v) is 19.8. The normalized spacial score (nSPS) is 10.9. The fourth-order valence-corrected chi connectivity index (χ4v) is 4.69. The second-order valence-electron chi connectivity index (χ2n) is 11.5. The van der Waals surface area contributed by atoms with Gasteiger partial charge < -0.3 is 10.2 Å². The molecule has 0 fully saturated rings. The van der Waals surface area contributed by atoms with Crippen LogP contribution in [0, 0.1) is 0 Å². The highest BCUT2D eigenvalue weighted by Gasteiger charge is 1.97. The quantitative estimate of drug-likeness (QED) is 0.0337. The number of halogens is 1. The van der Waals surface area contributed by atoms with Crippen LogP contribution in [0.15, 0.2) is 24.3 Å². The number of rotatable bonds is 30. The Labute approximate surface area is 276 Å². The number of hydrogen-bond donors (Lipinski definition) is 2. The smallest absolute Gasteiger partial charge is 0.303 e. The van der Waals surface area contributed by atoms with Gasteiger partial charge >= 0.3 is 11.9 Å². The van der Waals surface area contributed by atoms with Crippen molar-refractivity contribution in [2.45, 2.75) is 194 Å². The molecule has 0 rings (SSSR count). The van der Waals surface area contributed by atoms with Gasteiger partial charge in [0.05, 0.1) is 0 Å². The summed E-state index contributed by atoms with van der Waals surface area (Å²) in [5.41, 5.74) is 0. The number of alkyl halides is 1. The summed E-state index contributed by atoms with van der Waals surface area (Å²) in [6.07, 6.45) is 42.5. The third-order valence-corrected chi connectivity index (χ3v) is 7.30. The number of unbranched alkanes of at least 4 members (excludes halogenated alkanes) is 22. The van der Waals surface area contributed by atoms with E-state index in [1.807, 2.05) is 4.93 Å². The van der Waals surface area contributed by atoms with Gasteiger partial charge in [-0.3, -0.25) is 9.59 Å². The molecule has 0 heterocycles. The summed E-state index contributed by atoms with van der Waals surface area (Å²) in [5, 5.41) is 17.0. The van der Waals surface area contributed by atoms with E-state index >= 15 is 0 Å². The molecule has 42 heavy (non-hydrogen) atoms. The molecule has 0 radical (unpaired) electrons. The molecule has 0 unspecified atom stereocenters. The highest BCUT2D eigenvalue weighted by Crippen LogP contribution is 2.11. The van der Waals surface area contributed by atoms with Crippen LogP contribution in [-0.2, 0) is 9.59 Å². The minimum Gasteiger partial charge on any atom is -0.481 e. The first kappa shape index (κ1) is 45.6. The van der Waals surface area contributed by atoms with Crippen LogP contribution < -0.4 is 0 Å². The number of carboxylic acid groups (broad SMARTS) is 2. The van der Waals surface area contributed by atoms with Gasteiger partial charge in [0.1, 0.15) is 0 Å². The van der Waals surface area contributed by atoms with E-state index in [1.54, 1.807) is 0 Å². The Morgan fingerprint density at radius 2 is 0.619 bits per heavy atom. The van der Waals surface area contributed by atoms with Gasteiger partial charge in [-0.15, -0.1) is 0 Å². The van der Waals surface area contributed by atoms with Crippen molar-refractivity contribution in [3.05, 3.63) is 24.3 Å². The van der Waals surface area contributed by atoms with Crippen LogP contribution >= 0.6 is 22.6 Å². The minimum absolute atomic E-state index is 0.332. The number of carboxylic acids is 2. The van der Waals surface area contributed by atoms with E-state index in [1.165, 1.54) is 141 Å². The Morgan fingerprint density at radius 3 is 0.857 bits per heavy atom. The second kappa shape index (κ2) is 44.6. The molecule has 0 saturated carbocycles. The molecule has 250 valence electrons. The Hall–Kier alpha value is -0.850. The number of carbonyl (C=O) groups is 2. The van der Waals surface area contributed by atoms with Crippen LogP contribution in [0.1, 0.15) is 194 Å². The largest absolute Gasteiger partial charge is 0.481 e. The SMILES string of the molecule is CCCCCCCC/C=C\CCCCCCCC(=O)O.CCCCCCCC/C=C\CCCCCCCC(=O)O.CI. The summed E-state index contributed by atoms with van der Waals surface area (Å²) >= 11 is 2.15. The van der Waals surface area contributed by atoms with E-state index in [4.69, 9.17) is 10.2 Å². The molecule has 0 saturated heterocycles. The minimum atomic E-state index is -0.664. The maximum atomic E-state index is 10.3. The van der Waals surface area contributed by atoms with E-state index in [0.717, 1.165) is 25.7 Å². The maximum absolute atomic E-state index is 10.3. The first-order chi connectivity index (χ1) is 20.5. The topological polar surface area (TPSA) is 74.6 Å². The van der Waals surface area contributed by atoms with Gasteiger partial charge in [-0.25, -0.2) is 0 Å². The van der Waals surface area contributed by atoms with E-state index < -0.39 is 11.9 Å². The van der Waals surface area contributed by atoms with Gasteiger partial charge in [0.25, 0.3) is 0 Å². The van der Waals surface area contributed by atoms with Gasteiger partial charge in [0, 0.05) is 12.8 Å². The van der Waals surface area contributed by atoms with Crippen LogP contribution in [0.4, 0.5) is 0 Å². The number of hydrogen-bond acceptors (Lipinski definition) is 2. The summed E-state index contributed by atoms with van der Waals surface area (Å²) < 4.78 is 0. The molecule has 0 aromatic heterocycles. The molecular formula is C37H71IO4. The monoisotopic (exact) mass is 706 g/mol. The van der Waals surface area contributed by atoms with E-state index in [-0.39, 0.29) is 0 Å². The van der Waals surface area contributed by atoms with Crippen LogP contribution in [0.3, 0.4) is 0 Å². The van der Waals surface area contributed by atoms with Crippen molar-refractivity contribution in [1.29, 1.82) is 0 Å². The van der Waals surface area contributed by atoms with E-state index in [9.17, 15) is 9.59 Å². The van der Waals surface area contributed by atoms with Gasteiger partial charge in [-0.1, -0.05) is 163 Å². The van der Waals surface area contributed by atoms with Gasteiger partial charge in [0.15, 0.2) is 0 Å². The predicted octanol–water partition coefficient (Wildman–Crippen LogP) is 13.3. The Bertz CT molecular complexity index is 524. The van der Waals surface area contributed by atoms with Crippen LogP contribution in [0.25, 0.3) is 0 Å². The lowest BCUT2D eigenvalue weighted by atomic mass is 10.1. The highest BCUT2D eigenvalue weighted by molar-refractivity contribution is 14.1. The Kier molecular flexibility index (Phi) is 48.4. The molecule has 0 amide bonds. The molecule has 0 aromatic rings. The molecule has 0 bridgehead atoms. The van der Waals surface area contributed by atoms with Crippen molar-refractivity contribution in [3.8, 4) is 0 Å². The zero-order chi connectivity index (χ0) is 31.8. The average molecular weight is 707 g/mol. The first-order valence-electron chi connectivity index (χ1n) is 17.7. The fourth-order valence-electron chi connectivity index (χ4n) is 4.69.